The topological polar surface area (TPSA) is 20.2 Å². The summed E-state index contributed by atoms with van der Waals surface area (Å²) in [5.41, 5.74) is 1.79. The van der Waals surface area contributed by atoms with Gasteiger partial charge in [0.2, 0.25) is 0 Å². The van der Waals surface area contributed by atoms with E-state index in [1.54, 1.807) is 0 Å². The van der Waals surface area contributed by atoms with Crippen molar-refractivity contribution in [2.75, 3.05) is 6.61 Å². The summed E-state index contributed by atoms with van der Waals surface area (Å²) in [6.45, 7) is 2.64. The predicted octanol–water partition coefficient (Wildman–Crippen LogP) is 2.90. The van der Waals surface area contributed by atoms with Crippen molar-refractivity contribution in [3.05, 3.63) is 11.6 Å². The van der Waals surface area contributed by atoms with Crippen molar-refractivity contribution in [1.29, 1.82) is 0 Å². The first-order chi connectivity index (χ1) is 6.24. The first-order valence-corrected chi connectivity index (χ1v) is 5.56. The fraction of sp³-hybridized carbons (Fsp3) is 0.833. The van der Waals surface area contributed by atoms with Gasteiger partial charge < -0.3 is 5.11 Å². The van der Waals surface area contributed by atoms with Crippen LogP contribution in [-0.2, 0) is 0 Å². The number of aliphatic hydroxyl groups is 1. The van der Waals surface area contributed by atoms with Crippen molar-refractivity contribution in [1.82, 2.24) is 0 Å². The number of aliphatic hydroxyl groups excluding tert-OH is 1. The molecule has 0 saturated heterocycles. The maximum absolute atomic E-state index is 9.13. The van der Waals surface area contributed by atoms with Gasteiger partial charge in [0.05, 0.1) is 6.61 Å². The summed E-state index contributed by atoms with van der Waals surface area (Å²) < 4.78 is 0. The molecule has 1 saturated carbocycles. The molecular weight excluding hydrogens is 160 g/mol. The van der Waals surface area contributed by atoms with Crippen LogP contribution in [0.25, 0.3) is 0 Å². The van der Waals surface area contributed by atoms with Gasteiger partial charge in [-0.3, -0.25) is 0 Å². The molecule has 2 aliphatic rings. The average Bonchev–Trinajstić information content (AvgIpc) is 2.47. The van der Waals surface area contributed by atoms with Crippen LogP contribution in [0.3, 0.4) is 0 Å². The van der Waals surface area contributed by atoms with Crippen LogP contribution in [-0.4, -0.2) is 11.7 Å². The molecule has 2 atom stereocenters. The lowest BCUT2D eigenvalue weighted by molar-refractivity contribution is 0.284. The lowest BCUT2D eigenvalue weighted by Crippen LogP contribution is -2.19. The fourth-order valence-corrected chi connectivity index (χ4v) is 3.16. The molecule has 0 aromatic rings. The second-order valence-electron chi connectivity index (χ2n) is 5.02. The summed E-state index contributed by atoms with van der Waals surface area (Å²) in [5.74, 6) is 0.897. The first-order valence-electron chi connectivity index (χ1n) is 5.56. The number of hydrogen-bond acceptors (Lipinski definition) is 1. The first kappa shape index (κ1) is 9.26. The van der Waals surface area contributed by atoms with Gasteiger partial charge in [0.25, 0.3) is 0 Å². The molecule has 0 heterocycles. The molecular formula is C12H20O. The maximum atomic E-state index is 9.13. The van der Waals surface area contributed by atoms with E-state index in [-0.39, 0.29) is 6.61 Å². The van der Waals surface area contributed by atoms with Crippen LogP contribution in [0.2, 0.25) is 0 Å². The molecule has 1 heteroatoms. The molecule has 2 rings (SSSR count). The van der Waals surface area contributed by atoms with E-state index >= 15 is 0 Å². The standard InChI is InChI=1S/C12H20O/c1-10-4-6-12(7-10)5-2-3-11(8-12)9-13/h8,10,13H,2-7,9H2,1H3/t10-,12-/m0/s1. The molecule has 1 spiro atoms. The Morgan fingerprint density at radius 2 is 2.38 bits per heavy atom. The van der Waals surface area contributed by atoms with E-state index in [4.69, 9.17) is 5.11 Å². The second kappa shape index (κ2) is 3.45. The maximum Gasteiger partial charge on any atom is 0.0641 e. The van der Waals surface area contributed by atoms with Gasteiger partial charge in [-0.1, -0.05) is 13.0 Å². The van der Waals surface area contributed by atoms with E-state index in [9.17, 15) is 0 Å². The van der Waals surface area contributed by atoms with E-state index < -0.39 is 0 Å². The molecule has 0 aromatic heterocycles. The van der Waals surface area contributed by atoms with Crippen molar-refractivity contribution in [2.24, 2.45) is 11.3 Å². The SMILES string of the molecule is C[C@H]1CC[C@]2(C=C(CO)CCC2)C1. The van der Waals surface area contributed by atoms with E-state index in [2.05, 4.69) is 13.0 Å². The van der Waals surface area contributed by atoms with Crippen molar-refractivity contribution >= 4 is 0 Å². The molecule has 0 unspecified atom stereocenters. The minimum absolute atomic E-state index is 0.288. The number of hydrogen-bond donors (Lipinski definition) is 1. The van der Waals surface area contributed by atoms with Gasteiger partial charge >= 0.3 is 0 Å². The quantitative estimate of drug-likeness (QED) is 0.615. The van der Waals surface area contributed by atoms with Crippen LogP contribution < -0.4 is 0 Å². The third-order valence-corrected chi connectivity index (χ3v) is 3.78. The minimum Gasteiger partial charge on any atom is -0.392 e. The van der Waals surface area contributed by atoms with Crippen molar-refractivity contribution < 1.29 is 5.11 Å². The highest BCUT2D eigenvalue weighted by Crippen LogP contribution is 2.49. The van der Waals surface area contributed by atoms with Crippen LogP contribution in [0, 0.1) is 11.3 Å². The fourth-order valence-electron chi connectivity index (χ4n) is 3.16. The highest BCUT2D eigenvalue weighted by atomic mass is 16.3. The highest BCUT2D eigenvalue weighted by molar-refractivity contribution is 5.15. The van der Waals surface area contributed by atoms with Crippen molar-refractivity contribution in [3.63, 3.8) is 0 Å². The van der Waals surface area contributed by atoms with Crippen molar-refractivity contribution in [2.45, 2.75) is 45.4 Å². The smallest absolute Gasteiger partial charge is 0.0641 e. The van der Waals surface area contributed by atoms with E-state index in [0.717, 1.165) is 12.3 Å². The van der Waals surface area contributed by atoms with Gasteiger partial charge in [0, 0.05) is 0 Å². The van der Waals surface area contributed by atoms with E-state index in [0.29, 0.717) is 5.41 Å². The summed E-state index contributed by atoms with van der Waals surface area (Å²) in [5, 5.41) is 9.13. The lowest BCUT2D eigenvalue weighted by atomic mass is 9.75. The largest absolute Gasteiger partial charge is 0.392 e. The highest BCUT2D eigenvalue weighted by Gasteiger charge is 2.36. The van der Waals surface area contributed by atoms with Gasteiger partial charge in [-0.05, 0) is 55.4 Å². The molecule has 1 nitrogen and oxygen atoms in total. The molecule has 1 N–H and O–H groups in total. The summed E-state index contributed by atoms with van der Waals surface area (Å²) in [4.78, 5) is 0. The third-order valence-electron chi connectivity index (χ3n) is 3.78. The molecule has 0 aromatic carbocycles. The minimum atomic E-state index is 0.288. The Kier molecular flexibility index (Phi) is 2.46. The molecule has 0 radical (unpaired) electrons. The van der Waals surface area contributed by atoms with E-state index in [1.807, 2.05) is 0 Å². The van der Waals surface area contributed by atoms with Crippen LogP contribution in [0.4, 0.5) is 0 Å². The lowest BCUT2D eigenvalue weighted by Gasteiger charge is -2.31. The average molecular weight is 180 g/mol. The molecule has 0 bridgehead atoms. The predicted molar refractivity (Wildman–Crippen MR) is 54.5 cm³/mol. The van der Waals surface area contributed by atoms with Gasteiger partial charge in [0.1, 0.15) is 0 Å². The number of rotatable bonds is 1. The summed E-state index contributed by atoms with van der Waals surface area (Å²) in [6, 6.07) is 0. The van der Waals surface area contributed by atoms with Crippen molar-refractivity contribution in [3.8, 4) is 0 Å². The molecule has 13 heavy (non-hydrogen) atoms. The van der Waals surface area contributed by atoms with Crippen LogP contribution in [0.5, 0.6) is 0 Å². The zero-order valence-corrected chi connectivity index (χ0v) is 8.55. The zero-order chi connectivity index (χ0) is 9.31. The van der Waals surface area contributed by atoms with Gasteiger partial charge in [-0.25, -0.2) is 0 Å². The second-order valence-corrected chi connectivity index (χ2v) is 5.02. The zero-order valence-electron chi connectivity index (χ0n) is 8.55. The Morgan fingerprint density at radius 1 is 1.54 bits per heavy atom. The Bertz CT molecular complexity index is 219. The summed E-state index contributed by atoms with van der Waals surface area (Å²) in [6.07, 6.45) is 10.3. The summed E-state index contributed by atoms with van der Waals surface area (Å²) >= 11 is 0. The third kappa shape index (κ3) is 1.80. The monoisotopic (exact) mass is 180 g/mol. The van der Waals surface area contributed by atoms with Crippen LogP contribution >= 0.6 is 0 Å². The Morgan fingerprint density at radius 3 is 3.00 bits per heavy atom. The van der Waals surface area contributed by atoms with Crippen LogP contribution in [0.15, 0.2) is 11.6 Å². The molecule has 0 aliphatic heterocycles. The molecule has 0 amide bonds. The van der Waals surface area contributed by atoms with E-state index in [1.165, 1.54) is 37.7 Å². The molecule has 1 fully saturated rings. The molecule has 2 aliphatic carbocycles. The van der Waals surface area contributed by atoms with Gasteiger partial charge in [-0.2, -0.15) is 0 Å². The number of allylic oxidation sites excluding steroid dienone is 1. The Balaban J connectivity index is 2.14. The van der Waals surface area contributed by atoms with Gasteiger partial charge in [-0.15, -0.1) is 0 Å². The molecule has 74 valence electrons. The van der Waals surface area contributed by atoms with Crippen LogP contribution in [0.1, 0.15) is 45.4 Å². The Labute approximate surface area is 80.8 Å². The summed E-state index contributed by atoms with van der Waals surface area (Å²) in [7, 11) is 0. The van der Waals surface area contributed by atoms with Gasteiger partial charge in [0.15, 0.2) is 0 Å². The normalized spacial score (nSPS) is 39.5. The Hall–Kier alpha value is -0.300.